The van der Waals surface area contributed by atoms with Gasteiger partial charge in [0.15, 0.2) is 0 Å². The summed E-state index contributed by atoms with van der Waals surface area (Å²) in [5, 5.41) is 18.6. The van der Waals surface area contributed by atoms with E-state index < -0.39 is 0 Å². The second-order valence-corrected chi connectivity index (χ2v) is 7.09. The van der Waals surface area contributed by atoms with Crippen molar-refractivity contribution >= 4 is 16.8 Å². The number of piperidine rings is 1. The van der Waals surface area contributed by atoms with Crippen LogP contribution in [0.2, 0.25) is 0 Å². The van der Waals surface area contributed by atoms with Crippen LogP contribution in [0.15, 0.2) is 24.3 Å². The number of likely N-dealkylation sites (tertiary alicyclic amines) is 1. The average molecular weight is 313 g/mol. The summed E-state index contributed by atoms with van der Waals surface area (Å²) in [7, 11) is 0. The Bertz CT molecular complexity index is 726. The third-order valence-corrected chi connectivity index (χ3v) is 5.69. The summed E-state index contributed by atoms with van der Waals surface area (Å²) >= 11 is 0. The first kappa shape index (κ1) is 14.7. The van der Waals surface area contributed by atoms with E-state index in [4.69, 9.17) is 0 Å². The number of aromatic amines is 1. The molecule has 4 rings (SSSR count). The number of aromatic nitrogens is 2. The van der Waals surface area contributed by atoms with Gasteiger partial charge in [0.1, 0.15) is 0 Å². The molecule has 2 aromatic rings. The highest BCUT2D eigenvalue weighted by molar-refractivity contribution is 5.87. The van der Waals surface area contributed by atoms with Crippen molar-refractivity contribution in [2.75, 3.05) is 13.1 Å². The van der Waals surface area contributed by atoms with Gasteiger partial charge in [-0.25, -0.2) is 0 Å². The van der Waals surface area contributed by atoms with Crippen LogP contribution in [0.1, 0.15) is 37.8 Å². The molecule has 2 atom stereocenters. The third kappa shape index (κ3) is 2.53. The number of hydrogen-bond acceptors (Lipinski definition) is 3. The Morgan fingerprint density at radius 3 is 3.00 bits per heavy atom. The SMILES string of the molecule is O=C(Cc1[nH]nc2ccccc12)N1CCC[C@@]2(CCC[C@H]2O)C1. The number of aliphatic hydroxyl groups is 1. The van der Waals surface area contributed by atoms with Gasteiger partial charge in [0.05, 0.1) is 23.7 Å². The van der Waals surface area contributed by atoms with E-state index in [-0.39, 0.29) is 17.4 Å². The van der Waals surface area contributed by atoms with Gasteiger partial charge in [-0.05, 0) is 31.7 Å². The molecule has 2 aliphatic rings. The van der Waals surface area contributed by atoms with E-state index in [9.17, 15) is 9.90 Å². The molecule has 23 heavy (non-hydrogen) atoms. The number of rotatable bonds is 2. The molecule has 1 aliphatic carbocycles. The average Bonchev–Trinajstić information content (AvgIpc) is 3.13. The number of fused-ring (bicyclic) bond motifs is 1. The zero-order valence-corrected chi connectivity index (χ0v) is 13.3. The number of hydrogen-bond donors (Lipinski definition) is 2. The molecule has 2 fully saturated rings. The Kier molecular flexibility index (Phi) is 3.60. The Hall–Kier alpha value is -1.88. The fourth-order valence-corrected chi connectivity index (χ4v) is 4.38. The van der Waals surface area contributed by atoms with E-state index in [1.807, 2.05) is 29.2 Å². The number of carbonyl (C=O) groups is 1. The van der Waals surface area contributed by atoms with Crippen molar-refractivity contribution in [1.82, 2.24) is 15.1 Å². The highest BCUT2D eigenvalue weighted by Crippen LogP contribution is 2.45. The summed E-state index contributed by atoms with van der Waals surface area (Å²) in [5.41, 5.74) is 1.73. The van der Waals surface area contributed by atoms with Crippen LogP contribution >= 0.6 is 0 Å². The molecule has 1 aromatic carbocycles. The summed E-state index contributed by atoms with van der Waals surface area (Å²) in [4.78, 5) is 14.7. The van der Waals surface area contributed by atoms with Gasteiger partial charge in [-0.1, -0.05) is 24.6 Å². The minimum atomic E-state index is -0.244. The van der Waals surface area contributed by atoms with Crippen LogP contribution in [-0.2, 0) is 11.2 Å². The van der Waals surface area contributed by atoms with Gasteiger partial charge in [0.25, 0.3) is 0 Å². The fraction of sp³-hybridized carbons (Fsp3) is 0.556. The maximum absolute atomic E-state index is 12.8. The molecule has 2 N–H and O–H groups in total. The zero-order chi connectivity index (χ0) is 15.9. The molecule has 1 saturated carbocycles. The standard InChI is InChI=1S/C18H23N3O2/c22-16-7-3-8-18(16)9-4-10-21(12-18)17(23)11-15-13-5-1-2-6-14(13)19-20-15/h1-2,5-6,16,22H,3-4,7-12H2,(H,19,20)/t16-,18+/m1/s1. The lowest BCUT2D eigenvalue weighted by Crippen LogP contribution is -2.49. The van der Waals surface area contributed by atoms with Crippen LogP contribution in [0.5, 0.6) is 0 Å². The molecule has 1 aliphatic heterocycles. The monoisotopic (exact) mass is 313 g/mol. The zero-order valence-electron chi connectivity index (χ0n) is 13.3. The molecule has 1 aromatic heterocycles. The smallest absolute Gasteiger partial charge is 0.228 e. The first-order chi connectivity index (χ1) is 11.2. The molecular weight excluding hydrogens is 290 g/mol. The molecule has 1 amide bonds. The molecule has 2 heterocycles. The van der Waals surface area contributed by atoms with Crippen molar-refractivity contribution in [3.8, 4) is 0 Å². The Labute approximate surface area is 135 Å². The van der Waals surface area contributed by atoms with Gasteiger partial charge in [-0.2, -0.15) is 5.10 Å². The van der Waals surface area contributed by atoms with E-state index in [1.54, 1.807) is 0 Å². The summed E-state index contributed by atoms with van der Waals surface area (Å²) < 4.78 is 0. The lowest BCUT2D eigenvalue weighted by molar-refractivity contribution is -0.135. The molecule has 0 bridgehead atoms. The fourth-order valence-electron chi connectivity index (χ4n) is 4.38. The number of nitrogens with one attached hydrogen (secondary N) is 1. The minimum Gasteiger partial charge on any atom is -0.392 e. The molecule has 0 radical (unpaired) electrons. The van der Waals surface area contributed by atoms with Gasteiger partial charge in [-0.15, -0.1) is 0 Å². The van der Waals surface area contributed by atoms with E-state index in [0.717, 1.165) is 55.2 Å². The summed E-state index contributed by atoms with van der Waals surface area (Å²) in [5.74, 6) is 0.137. The minimum absolute atomic E-state index is 0.0516. The maximum Gasteiger partial charge on any atom is 0.228 e. The largest absolute Gasteiger partial charge is 0.392 e. The molecule has 5 nitrogen and oxygen atoms in total. The quantitative estimate of drug-likeness (QED) is 0.893. The lowest BCUT2D eigenvalue weighted by atomic mass is 9.76. The summed E-state index contributed by atoms with van der Waals surface area (Å²) in [6.45, 7) is 1.51. The summed E-state index contributed by atoms with van der Waals surface area (Å²) in [6.07, 6.45) is 5.16. The van der Waals surface area contributed by atoms with Crippen LogP contribution in [0.4, 0.5) is 0 Å². The molecule has 0 unspecified atom stereocenters. The van der Waals surface area contributed by atoms with Crippen LogP contribution < -0.4 is 0 Å². The number of aliphatic hydroxyl groups excluding tert-OH is 1. The van der Waals surface area contributed by atoms with Gasteiger partial charge >= 0.3 is 0 Å². The molecule has 122 valence electrons. The molecule has 5 heteroatoms. The van der Waals surface area contributed by atoms with Crippen molar-refractivity contribution in [3.63, 3.8) is 0 Å². The second kappa shape index (κ2) is 5.64. The van der Waals surface area contributed by atoms with Crippen molar-refractivity contribution in [2.45, 2.75) is 44.6 Å². The normalized spacial score (nSPS) is 27.9. The number of nitrogens with zero attached hydrogens (tertiary/aromatic N) is 2. The van der Waals surface area contributed by atoms with E-state index >= 15 is 0 Å². The predicted octanol–water partition coefficient (Wildman–Crippen LogP) is 2.26. The van der Waals surface area contributed by atoms with Crippen molar-refractivity contribution in [2.24, 2.45) is 5.41 Å². The molecule has 1 saturated heterocycles. The van der Waals surface area contributed by atoms with E-state index in [0.29, 0.717) is 13.0 Å². The third-order valence-electron chi connectivity index (χ3n) is 5.69. The highest BCUT2D eigenvalue weighted by Gasteiger charge is 2.45. The lowest BCUT2D eigenvalue weighted by Gasteiger charge is -2.42. The van der Waals surface area contributed by atoms with Crippen LogP contribution in [0.25, 0.3) is 10.9 Å². The van der Waals surface area contributed by atoms with E-state index in [2.05, 4.69) is 10.2 Å². The van der Waals surface area contributed by atoms with Gasteiger partial charge in [0, 0.05) is 23.9 Å². The summed E-state index contributed by atoms with van der Waals surface area (Å²) in [6, 6.07) is 7.87. The van der Waals surface area contributed by atoms with Gasteiger partial charge in [-0.3, -0.25) is 9.89 Å². The molecule has 1 spiro atoms. The Morgan fingerprint density at radius 2 is 2.17 bits per heavy atom. The van der Waals surface area contributed by atoms with Crippen molar-refractivity contribution < 1.29 is 9.90 Å². The van der Waals surface area contributed by atoms with Gasteiger partial charge in [0.2, 0.25) is 5.91 Å². The second-order valence-electron chi connectivity index (χ2n) is 7.09. The predicted molar refractivity (Wildman–Crippen MR) is 87.9 cm³/mol. The number of H-pyrrole nitrogens is 1. The van der Waals surface area contributed by atoms with E-state index in [1.165, 1.54) is 0 Å². The van der Waals surface area contributed by atoms with Crippen LogP contribution in [0, 0.1) is 5.41 Å². The van der Waals surface area contributed by atoms with Crippen LogP contribution in [-0.4, -0.2) is 45.3 Å². The molecular formula is C18H23N3O2. The highest BCUT2D eigenvalue weighted by atomic mass is 16.3. The number of para-hydroxylation sites is 1. The Balaban J connectivity index is 1.50. The van der Waals surface area contributed by atoms with Crippen LogP contribution in [0.3, 0.4) is 0 Å². The maximum atomic E-state index is 12.8. The van der Waals surface area contributed by atoms with Crippen molar-refractivity contribution in [1.29, 1.82) is 0 Å². The number of carbonyl (C=O) groups excluding carboxylic acids is 1. The van der Waals surface area contributed by atoms with Crippen molar-refractivity contribution in [3.05, 3.63) is 30.0 Å². The number of benzene rings is 1. The first-order valence-corrected chi connectivity index (χ1v) is 8.56. The van der Waals surface area contributed by atoms with Gasteiger partial charge < -0.3 is 10.0 Å². The Morgan fingerprint density at radius 1 is 1.35 bits per heavy atom. The number of amides is 1. The first-order valence-electron chi connectivity index (χ1n) is 8.56. The topological polar surface area (TPSA) is 69.2 Å².